The summed E-state index contributed by atoms with van der Waals surface area (Å²) in [6.45, 7) is 1.98. The molecule has 1 atom stereocenters. The summed E-state index contributed by atoms with van der Waals surface area (Å²) in [5.74, 6) is 5.08. The minimum absolute atomic E-state index is 0.159. The lowest BCUT2D eigenvalue weighted by Gasteiger charge is -2.02. The summed E-state index contributed by atoms with van der Waals surface area (Å²) < 4.78 is 1.01. The van der Waals surface area contributed by atoms with Crippen LogP contribution < -0.4 is 5.73 Å². The fourth-order valence-electron chi connectivity index (χ4n) is 2.13. The number of nitrogens with two attached hydrogens (primary N) is 1. The largest absolute Gasteiger partial charge is 0.478 e. The van der Waals surface area contributed by atoms with Gasteiger partial charge < -0.3 is 10.8 Å². The molecule has 3 rings (SSSR count). The van der Waals surface area contributed by atoms with Crippen LogP contribution in [0.4, 0.5) is 0 Å². The van der Waals surface area contributed by atoms with Crippen molar-refractivity contribution in [3.8, 4) is 11.8 Å². The molecule has 4 heteroatoms. The monoisotopic (exact) mass is 421 g/mol. The van der Waals surface area contributed by atoms with E-state index in [1.165, 1.54) is 5.56 Å². The lowest BCUT2D eigenvalue weighted by atomic mass is 10.1. The van der Waals surface area contributed by atoms with Gasteiger partial charge in [-0.2, -0.15) is 0 Å². The van der Waals surface area contributed by atoms with Gasteiger partial charge in [-0.05, 0) is 61.0 Å². The topological polar surface area (TPSA) is 63.3 Å². The van der Waals surface area contributed by atoms with E-state index in [0.29, 0.717) is 0 Å². The summed E-state index contributed by atoms with van der Waals surface area (Å²) >= 11 is 3.36. The maximum atomic E-state index is 10.7. The summed E-state index contributed by atoms with van der Waals surface area (Å²) in [7, 11) is 0. The first-order chi connectivity index (χ1) is 13.0. The molecule has 0 bridgehead atoms. The highest BCUT2D eigenvalue weighted by Gasteiger charge is 1.99. The van der Waals surface area contributed by atoms with Crippen molar-refractivity contribution < 1.29 is 9.90 Å². The van der Waals surface area contributed by atoms with Gasteiger partial charge in [-0.15, -0.1) is 0 Å². The maximum Gasteiger partial charge on any atom is 0.335 e. The molecule has 0 saturated heterocycles. The van der Waals surface area contributed by atoms with Crippen LogP contribution in [0, 0.1) is 11.8 Å². The zero-order valence-corrected chi connectivity index (χ0v) is 16.5. The van der Waals surface area contributed by atoms with Crippen LogP contribution in [-0.4, -0.2) is 11.1 Å². The second kappa shape index (κ2) is 10.3. The highest BCUT2D eigenvalue weighted by atomic mass is 79.9. The molecule has 0 radical (unpaired) electrons. The number of aromatic carboxylic acids is 1. The molecule has 0 saturated carbocycles. The van der Waals surface area contributed by atoms with E-state index in [2.05, 4.69) is 27.8 Å². The van der Waals surface area contributed by atoms with Gasteiger partial charge in [0.2, 0.25) is 0 Å². The summed E-state index contributed by atoms with van der Waals surface area (Å²) in [4.78, 5) is 10.7. The first-order valence-electron chi connectivity index (χ1n) is 8.37. The second-order valence-electron chi connectivity index (χ2n) is 5.84. The highest BCUT2D eigenvalue weighted by molar-refractivity contribution is 9.10. The number of halogens is 1. The van der Waals surface area contributed by atoms with Crippen LogP contribution in [-0.2, 0) is 0 Å². The Bertz CT molecular complexity index is 922. The van der Waals surface area contributed by atoms with Gasteiger partial charge in [-0.3, -0.25) is 0 Å². The molecule has 0 aliphatic heterocycles. The number of carbonyl (C=O) groups is 1. The van der Waals surface area contributed by atoms with E-state index < -0.39 is 5.97 Å². The number of hydrogen-bond donors (Lipinski definition) is 2. The van der Waals surface area contributed by atoms with Crippen LogP contribution in [0.25, 0.3) is 0 Å². The van der Waals surface area contributed by atoms with E-state index in [9.17, 15) is 4.79 Å². The SMILES string of the molecule is C[C@@H](N)c1ccccc1.O=C(O)c1ccc(C#Cc2ccc(Br)cc2)cc1. The Morgan fingerprint density at radius 1 is 0.889 bits per heavy atom. The van der Waals surface area contributed by atoms with Gasteiger partial charge >= 0.3 is 5.97 Å². The molecule has 3 nitrogen and oxygen atoms in total. The zero-order chi connectivity index (χ0) is 19.6. The fraction of sp³-hybridized carbons (Fsp3) is 0.0870. The maximum absolute atomic E-state index is 10.7. The quantitative estimate of drug-likeness (QED) is 0.555. The second-order valence-corrected chi connectivity index (χ2v) is 6.75. The van der Waals surface area contributed by atoms with Crippen molar-refractivity contribution in [2.45, 2.75) is 13.0 Å². The molecule has 3 aromatic rings. The van der Waals surface area contributed by atoms with E-state index in [0.717, 1.165) is 15.6 Å². The zero-order valence-electron chi connectivity index (χ0n) is 14.9. The normalized spacial score (nSPS) is 10.6. The van der Waals surface area contributed by atoms with Crippen LogP contribution in [0.2, 0.25) is 0 Å². The lowest BCUT2D eigenvalue weighted by Crippen LogP contribution is -2.03. The van der Waals surface area contributed by atoms with E-state index in [-0.39, 0.29) is 11.6 Å². The van der Waals surface area contributed by atoms with Crippen molar-refractivity contribution in [1.29, 1.82) is 0 Å². The number of carboxylic acid groups (broad SMARTS) is 1. The third kappa shape index (κ3) is 7.10. The molecular formula is C23H20BrNO2. The minimum Gasteiger partial charge on any atom is -0.478 e. The average Bonchev–Trinajstić information content (AvgIpc) is 2.69. The Kier molecular flexibility index (Phi) is 7.81. The number of rotatable bonds is 2. The number of benzene rings is 3. The average molecular weight is 422 g/mol. The van der Waals surface area contributed by atoms with Gasteiger partial charge in [-0.1, -0.05) is 58.1 Å². The van der Waals surface area contributed by atoms with Crippen molar-refractivity contribution in [2.24, 2.45) is 5.73 Å². The van der Waals surface area contributed by atoms with Crippen LogP contribution in [0.15, 0.2) is 83.3 Å². The molecule has 0 fully saturated rings. The smallest absolute Gasteiger partial charge is 0.335 e. The molecule has 0 spiro atoms. The first-order valence-corrected chi connectivity index (χ1v) is 9.16. The molecule has 0 aliphatic rings. The van der Waals surface area contributed by atoms with Gasteiger partial charge in [0.25, 0.3) is 0 Å². The Hall–Kier alpha value is -2.87. The molecule has 3 aromatic carbocycles. The summed E-state index contributed by atoms with van der Waals surface area (Å²) in [6.07, 6.45) is 0. The van der Waals surface area contributed by atoms with Crippen LogP contribution in [0.1, 0.15) is 40.0 Å². The molecule has 0 amide bonds. The van der Waals surface area contributed by atoms with Gasteiger partial charge in [0.1, 0.15) is 0 Å². The minimum atomic E-state index is -0.928. The van der Waals surface area contributed by atoms with Gasteiger partial charge in [0.15, 0.2) is 0 Å². The highest BCUT2D eigenvalue weighted by Crippen LogP contribution is 2.10. The summed E-state index contributed by atoms with van der Waals surface area (Å²) in [5.41, 5.74) is 8.79. The van der Waals surface area contributed by atoms with E-state index in [1.54, 1.807) is 24.3 Å². The van der Waals surface area contributed by atoms with Gasteiger partial charge in [-0.25, -0.2) is 4.79 Å². The molecule has 136 valence electrons. The van der Waals surface area contributed by atoms with Crippen molar-refractivity contribution >= 4 is 21.9 Å². The molecule has 0 aromatic heterocycles. The molecule has 0 unspecified atom stereocenters. The van der Waals surface area contributed by atoms with E-state index >= 15 is 0 Å². The molecule has 0 heterocycles. The molecular weight excluding hydrogens is 402 g/mol. The lowest BCUT2D eigenvalue weighted by molar-refractivity contribution is 0.0697. The summed E-state index contributed by atoms with van der Waals surface area (Å²) in [6, 6.07) is 24.4. The Labute approximate surface area is 168 Å². The molecule has 0 aliphatic carbocycles. The summed E-state index contributed by atoms with van der Waals surface area (Å²) in [5, 5.41) is 8.77. The van der Waals surface area contributed by atoms with Gasteiger partial charge in [0, 0.05) is 21.6 Å². The Balaban J connectivity index is 0.000000244. The standard InChI is InChI=1S/C15H9BrO2.C8H11N/c16-14-9-5-12(6-10-14)2-1-11-3-7-13(8-4-11)15(17)18;1-7(9)8-5-3-2-4-6-8/h3-10H,(H,17,18);2-7H,9H2,1H3/t;7-/m.1/s1. The predicted octanol–water partition coefficient (Wildman–Crippen LogP) is 5.25. The van der Waals surface area contributed by atoms with Crippen LogP contribution in [0.3, 0.4) is 0 Å². The van der Waals surface area contributed by atoms with Crippen molar-refractivity contribution in [3.05, 3.63) is 106 Å². The third-order valence-electron chi connectivity index (χ3n) is 3.65. The van der Waals surface area contributed by atoms with Crippen molar-refractivity contribution in [3.63, 3.8) is 0 Å². The first kappa shape index (κ1) is 20.4. The Morgan fingerprint density at radius 3 is 1.78 bits per heavy atom. The Morgan fingerprint density at radius 2 is 1.37 bits per heavy atom. The number of hydrogen-bond acceptors (Lipinski definition) is 2. The van der Waals surface area contributed by atoms with Crippen LogP contribution >= 0.6 is 15.9 Å². The molecule has 3 N–H and O–H groups in total. The van der Waals surface area contributed by atoms with E-state index in [1.807, 2.05) is 61.5 Å². The molecule has 27 heavy (non-hydrogen) atoms. The third-order valence-corrected chi connectivity index (χ3v) is 4.18. The number of carboxylic acids is 1. The predicted molar refractivity (Wildman–Crippen MR) is 113 cm³/mol. The van der Waals surface area contributed by atoms with Crippen LogP contribution in [0.5, 0.6) is 0 Å². The van der Waals surface area contributed by atoms with E-state index in [4.69, 9.17) is 10.8 Å². The van der Waals surface area contributed by atoms with Crippen molar-refractivity contribution in [1.82, 2.24) is 0 Å². The van der Waals surface area contributed by atoms with Crippen molar-refractivity contribution in [2.75, 3.05) is 0 Å². The van der Waals surface area contributed by atoms with Gasteiger partial charge in [0.05, 0.1) is 5.56 Å². The fourth-order valence-corrected chi connectivity index (χ4v) is 2.39.